The highest BCUT2D eigenvalue weighted by Gasteiger charge is 2.48. The smallest absolute Gasteiger partial charge is 0.405 e. The van der Waals surface area contributed by atoms with Gasteiger partial charge < -0.3 is 26.5 Å². The lowest BCUT2D eigenvalue weighted by Gasteiger charge is -2.41. The Morgan fingerprint density at radius 1 is 1.18 bits per heavy atom. The van der Waals surface area contributed by atoms with Crippen molar-refractivity contribution in [2.75, 3.05) is 6.54 Å². The summed E-state index contributed by atoms with van der Waals surface area (Å²) < 4.78 is 0. The number of carbonyl (C=O) groups excluding carboxylic acids is 3. The Hall–Kier alpha value is -2.98. The summed E-state index contributed by atoms with van der Waals surface area (Å²) >= 11 is 12.7. The molecule has 1 aliphatic carbocycles. The molecule has 2 unspecified atom stereocenters. The molecular weight excluding hydrogens is 533 g/mol. The van der Waals surface area contributed by atoms with Gasteiger partial charge in [-0.15, -0.1) is 0 Å². The number of aromatic amines is 1. The van der Waals surface area contributed by atoms with Gasteiger partial charge in [0.2, 0.25) is 5.91 Å². The lowest BCUT2D eigenvalue weighted by Crippen LogP contribution is -2.66. The number of benzene rings is 1. The molecule has 38 heavy (non-hydrogen) atoms. The molecule has 6 N–H and O–H groups in total. The maximum absolute atomic E-state index is 14.1. The number of primary amides is 1. The van der Waals surface area contributed by atoms with Crippen LogP contribution in [-0.4, -0.2) is 57.1 Å². The van der Waals surface area contributed by atoms with Gasteiger partial charge in [-0.05, 0) is 42.4 Å². The van der Waals surface area contributed by atoms with Crippen LogP contribution in [0.25, 0.3) is 10.9 Å². The maximum Gasteiger partial charge on any atom is 0.405 e. The fraction of sp³-hybridized carbons (Fsp3) is 0.538. The zero-order valence-corrected chi connectivity index (χ0v) is 23.5. The molecule has 1 aliphatic rings. The summed E-state index contributed by atoms with van der Waals surface area (Å²) in [7, 11) is 0. The molecule has 1 aromatic heterocycles. The first kappa shape index (κ1) is 29.6. The van der Waals surface area contributed by atoms with Crippen LogP contribution < -0.4 is 16.4 Å². The van der Waals surface area contributed by atoms with E-state index in [9.17, 15) is 24.3 Å². The zero-order valence-electron chi connectivity index (χ0n) is 22.0. The monoisotopic (exact) mass is 567 g/mol. The van der Waals surface area contributed by atoms with Crippen LogP contribution in [0, 0.1) is 11.8 Å². The average Bonchev–Trinajstić information content (AvgIpc) is 3.22. The number of nitrogens with one attached hydrogen (secondary N) is 3. The third-order valence-electron chi connectivity index (χ3n) is 7.55. The Labute approximate surface area is 231 Å². The number of hydrogen-bond donors (Lipinski definition) is 5. The number of rotatable bonds is 9. The van der Waals surface area contributed by atoms with Gasteiger partial charge in [0.1, 0.15) is 11.6 Å². The first-order valence-electron chi connectivity index (χ1n) is 12.7. The van der Waals surface area contributed by atoms with Gasteiger partial charge in [-0.3, -0.25) is 14.5 Å². The molecule has 1 heterocycles. The molecule has 10 nitrogen and oxygen atoms in total. The highest BCUT2D eigenvalue weighted by atomic mass is 35.5. The van der Waals surface area contributed by atoms with Gasteiger partial charge in [0.25, 0.3) is 5.91 Å². The number of hydrogen-bond acceptors (Lipinski definition) is 4. The third kappa shape index (κ3) is 6.02. The molecule has 208 valence electrons. The standard InChI is InChI=1S/C26H35Cl2N5O5/c1-5-13(3)12-33(24(29)36)23(35)26(32-22(34)20(14(4)6-2)31-25(37)38)8-7-19-17(11-26)16-9-15(27)10-18(28)21(16)30-19/h9-10,13-14,20,30-31H,5-8,11-12H2,1-4H3,(H2,29,36)(H,32,34)(H,37,38)/t13-,14?,20?,26+/m0/s1. The molecule has 0 spiro atoms. The van der Waals surface area contributed by atoms with Gasteiger partial charge in [-0.2, -0.15) is 0 Å². The van der Waals surface area contributed by atoms with E-state index in [0.29, 0.717) is 40.2 Å². The van der Waals surface area contributed by atoms with Gasteiger partial charge in [0.05, 0.1) is 10.5 Å². The van der Waals surface area contributed by atoms with Gasteiger partial charge in [0.15, 0.2) is 0 Å². The van der Waals surface area contributed by atoms with E-state index < -0.39 is 35.5 Å². The molecular formula is C26H35Cl2N5O5. The van der Waals surface area contributed by atoms with Crippen molar-refractivity contribution in [2.24, 2.45) is 17.6 Å². The summed E-state index contributed by atoms with van der Waals surface area (Å²) in [6.45, 7) is 7.50. The number of nitrogens with zero attached hydrogens (tertiary/aromatic N) is 1. The first-order chi connectivity index (χ1) is 17.8. The summed E-state index contributed by atoms with van der Waals surface area (Å²) in [6, 6.07) is 1.33. The van der Waals surface area contributed by atoms with Crippen molar-refractivity contribution in [3.05, 3.63) is 33.4 Å². The Bertz CT molecular complexity index is 1250. The van der Waals surface area contributed by atoms with E-state index in [2.05, 4.69) is 15.6 Å². The van der Waals surface area contributed by atoms with Crippen LogP contribution in [0.1, 0.15) is 58.2 Å². The summed E-state index contributed by atoms with van der Waals surface area (Å²) in [6.07, 6.45) is 0.429. The van der Waals surface area contributed by atoms with Crippen molar-refractivity contribution in [1.29, 1.82) is 0 Å². The maximum atomic E-state index is 14.1. The zero-order chi connectivity index (χ0) is 28.4. The highest BCUT2D eigenvalue weighted by molar-refractivity contribution is 6.38. The summed E-state index contributed by atoms with van der Waals surface area (Å²) in [5.41, 5.74) is 6.35. The molecule has 4 atom stereocenters. The summed E-state index contributed by atoms with van der Waals surface area (Å²) in [5.74, 6) is -1.66. The molecule has 2 aromatic rings. The number of imide groups is 1. The van der Waals surface area contributed by atoms with Crippen LogP contribution >= 0.6 is 23.2 Å². The van der Waals surface area contributed by atoms with E-state index in [1.165, 1.54) is 0 Å². The average molecular weight is 569 g/mol. The number of amides is 5. The van der Waals surface area contributed by atoms with E-state index in [1.807, 2.05) is 20.8 Å². The summed E-state index contributed by atoms with van der Waals surface area (Å²) in [5, 5.41) is 16.0. The third-order valence-corrected chi connectivity index (χ3v) is 8.07. The van der Waals surface area contributed by atoms with E-state index in [1.54, 1.807) is 19.1 Å². The normalized spacial score (nSPS) is 19.2. The van der Waals surface area contributed by atoms with E-state index in [-0.39, 0.29) is 31.2 Å². The van der Waals surface area contributed by atoms with Gasteiger partial charge in [-0.1, -0.05) is 63.7 Å². The van der Waals surface area contributed by atoms with Crippen LogP contribution in [0.4, 0.5) is 9.59 Å². The summed E-state index contributed by atoms with van der Waals surface area (Å²) in [4.78, 5) is 56.0. The molecule has 0 saturated heterocycles. The van der Waals surface area contributed by atoms with Crippen LogP contribution in [0.3, 0.4) is 0 Å². The highest BCUT2D eigenvalue weighted by Crippen LogP contribution is 2.39. The predicted octanol–water partition coefficient (Wildman–Crippen LogP) is 4.45. The number of aromatic nitrogens is 1. The fourth-order valence-corrected chi connectivity index (χ4v) is 5.48. The first-order valence-corrected chi connectivity index (χ1v) is 13.5. The Balaban J connectivity index is 2.12. The van der Waals surface area contributed by atoms with Crippen molar-refractivity contribution in [3.63, 3.8) is 0 Å². The molecule has 0 aliphatic heterocycles. The van der Waals surface area contributed by atoms with Crippen molar-refractivity contribution >= 4 is 58.0 Å². The number of H-pyrrole nitrogens is 1. The van der Waals surface area contributed by atoms with Crippen molar-refractivity contribution in [2.45, 2.75) is 71.4 Å². The fourth-order valence-electron chi connectivity index (χ4n) is 4.93. The number of carboxylic acid groups (broad SMARTS) is 1. The van der Waals surface area contributed by atoms with E-state index in [4.69, 9.17) is 28.9 Å². The number of aryl methyl sites for hydroxylation is 1. The molecule has 3 rings (SSSR count). The van der Waals surface area contributed by atoms with Crippen LogP contribution in [0.2, 0.25) is 10.0 Å². The second-order valence-electron chi connectivity index (χ2n) is 10.2. The second kappa shape index (κ2) is 11.8. The number of urea groups is 1. The minimum Gasteiger partial charge on any atom is -0.465 e. The largest absolute Gasteiger partial charge is 0.465 e. The van der Waals surface area contributed by atoms with Crippen LogP contribution in [0.5, 0.6) is 0 Å². The minimum absolute atomic E-state index is 0.0226. The van der Waals surface area contributed by atoms with Crippen molar-refractivity contribution < 1.29 is 24.3 Å². The Morgan fingerprint density at radius 2 is 1.87 bits per heavy atom. The molecule has 12 heteroatoms. The lowest BCUT2D eigenvalue weighted by atomic mass is 9.78. The molecule has 5 amide bonds. The molecule has 0 fully saturated rings. The molecule has 0 radical (unpaired) electrons. The van der Waals surface area contributed by atoms with Gasteiger partial charge in [0, 0.05) is 29.1 Å². The van der Waals surface area contributed by atoms with Crippen LogP contribution in [-0.2, 0) is 22.4 Å². The molecule has 1 aromatic carbocycles. The van der Waals surface area contributed by atoms with Crippen LogP contribution in [0.15, 0.2) is 12.1 Å². The van der Waals surface area contributed by atoms with Crippen molar-refractivity contribution in [1.82, 2.24) is 20.5 Å². The minimum atomic E-state index is -1.55. The SMILES string of the molecule is CCC(C)C(NC(=O)O)C(=O)N[C@]1(C(=O)N(C[C@@H](C)CC)C(N)=O)CCc2[nH]c3c(Cl)cc(Cl)cc3c2C1. The van der Waals surface area contributed by atoms with Crippen molar-refractivity contribution in [3.8, 4) is 0 Å². The Kier molecular flexibility index (Phi) is 9.20. The quantitative estimate of drug-likeness (QED) is 0.302. The number of halogens is 2. The second-order valence-corrected chi connectivity index (χ2v) is 11.1. The Morgan fingerprint density at radius 3 is 2.45 bits per heavy atom. The topological polar surface area (TPSA) is 158 Å². The predicted molar refractivity (Wildman–Crippen MR) is 146 cm³/mol. The molecule has 0 saturated carbocycles. The number of fused-ring (bicyclic) bond motifs is 3. The van der Waals surface area contributed by atoms with Gasteiger partial charge in [-0.25, -0.2) is 9.59 Å². The van der Waals surface area contributed by atoms with E-state index >= 15 is 0 Å². The molecule has 0 bridgehead atoms. The lowest BCUT2D eigenvalue weighted by molar-refractivity contribution is -0.141. The number of carbonyl (C=O) groups is 4. The van der Waals surface area contributed by atoms with Gasteiger partial charge >= 0.3 is 12.1 Å². The number of nitrogens with two attached hydrogens (primary N) is 1. The van der Waals surface area contributed by atoms with E-state index in [0.717, 1.165) is 16.2 Å².